The fourth-order valence-electron chi connectivity index (χ4n) is 2.99. The van der Waals surface area contributed by atoms with E-state index in [0.29, 0.717) is 12.3 Å². The number of carbonyl (C=O) groups is 1. The van der Waals surface area contributed by atoms with Crippen LogP contribution in [0.4, 0.5) is 0 Å². The second kappa shape index (κ2) is 6.80. The summed E-state index contributed by atoms with van der Waals surface area (Å²) in [5, 5.41) is 6.08. The van der Waals surface area contributed by atoms with E-state index in [-0.39, 0.29) is 11.9 Å². The maximum absolute atomic E-state index is 12.5. The first-order chi connectivity index (χ1) is 12.2. The van der Waals surface area contributed by atoms with Crippen molar-refractivity contribution in [2.24, 2.45) is 13.0 Å². The fraction of sp³-hybridized carbons (Fsp3) is 0.316. The van der Waals surface area contributed by atoms with Crippen LogP contribution in [0.1, 0.15) is 30.4 Å². The summed E-state index contributed by atoms with van der Waals surface area (Å²) < 4.78 is 1.99. The van der Waals surface area contributed by atoms with Crippen LogP contribution in [0.3, 0.4) is 0 Å². The number of imidazole rings is 1. The highest BCUT2D eigenvalue weighted by Crippen LogP contribution is 2.40. The second-order valence-electron chi connectivity index (χ2n) is 6.47. The number of amides is 1. The van der Waals surface area contributed by atoms with Crippen molar-refractivity contribution in [3.05, 3.63) is 59.6 Å². The number of carbonyl (C=O) groups excluding carboxylic acids is 1. The number of nitrogens with zero attached hydrogens (tertiary/aromatic N) is 3. The molecule has 3 aromatic rings. The largest absolute Gasteiger partial charge is 0.346 e. The third kappa shape index (κ3) is 3.64. The van der Waals surface area contributed by atoms with Gasteiger partial charge in [0.05, 0.1) is 18.2 Å². The molecule has 2 heterocycles. The Kier molecular flexibility index (Phi) is 4.36. The van der Waals surface area contributed by atoms with E-state index >= 15 is 0 Å². The molecule has 1 atom stereocenters. The zero-order valence-corrected chi connectivity index (χ0v) is 14.9. The van der Waals surface area contributed by atoms with Crippen LogP contribution in [0.15, 0.2) is 48.1 Å². The van der Waals surface area contributed by atoms with Gasteiger partial charge in [0.15, 0.2) is 0 Å². The third-order valence-electron chi connectivity index (χ3n) is 4.46. The molecule has 1 aromatic carbocycles. The Labute approximate surface area is 150 Å². The van der Waals surface area contributed by atoms with Gasteiger partial charge in [0.1, 0.15) is 10.8 Å². The molecule has 6 heteroatoms. The zero-order valence-electron chi connectivity index (χ0n) is 14.1. The van der Waals surface area contributed by atoms with Crippen LogP contribution in [-0.2, 0) is 18.3 Å². The molecule has 0 saturated heterocycles. The first-order valence-electron chi connectivity index (χ1n) is 8.47. The summed E-state index contributed by atoms with van der Waals surface area (Å²) in [6.07, 6.45) is 6.29. The molecule has 1 aliphatic rings. The normalized spacial score (nSPS) is 15.1. The topological polar surface area (TPSA) is 59.8 Å². The van der Waals surface area contributed by atoms with E-state index in [2.05, 4.69) is 15.3 Å². The zero-order chi connectivity index (χ0) is 17.2. The molecule has 2 aromatic heterocycles. The summed E-state index contributed by atoms with van der Waals surface area (Å²) in [5.41, 5.74) is 1.90. The van der Waals surface area contributed by atoms with Crippen LogP contribution in [0.5, 0.6) is 0 Å². The average Bonchev–Trinajstić information content (AvgIpc) is 3.22. The predicted octanol–water partition coefficient (Wildman–Crippen LogP) is 3.35. The molecule has 0 bridgehead atoms. The smallest absolute Gasteiger partial charge is 0.226 e. The molecular formula is C19H20N4OS. The molecule has 1 N–H and O–H groups in total. The van der Waals surface area contributed by atoms with E-state index in [0.717, 1.165) is 34.9 Å². The number of hydrogen-bond donors (Lipinski definition) is 1. The molecule has 0 spiro atoms. The molecule has 0 radical (unpaired) electrons. The van der Waals surface area contributed by atoms with Gasteiger partial charge < -0.3 is 9.88 Å². The Hall–Kier alpha value is -2.47. The average molecular weight is 352 g/mol. The Bertz CT molecular complexity index is 866. The highest BCUT2D eigenvalue weighted by molar-refractivity contribution is 7.13. The molecule has 1 saturated carbocycles. The number of nitrogens with one attached hydrogen (secondary N) is 1. The van der Waals surface area contributed by atoms with E-state index in [1.807, 2.05) is 53.5 Å². The van der Waals surface area contributed by atoms with Gasteiger partial charge in [-0.1, -0.05) is 30.3 Å². The summed E-state index contributed by atoms with van der Waals surface area (Å²) in [7, 11) is 1.97. The summed E-state index contributed by atoms with van der Waals surface area (Å²) in [4.78, 5) is 21.5. The van der Waals surface area contributed by atoms with E-state index in [9.17, 15) is 4.79 Å². The predicted molar refractivity (Wildman–Crippen MR) is 98.1 cm³/mol. The molecule has 4 rings (SSSR count). The van der Waals surface area contributed by atoms with Crippen LogP contribution in [0, 0.1) is 5.92 Å². The van der Waals surface area contributed by atoms with Crippen molar-refractivity contribution in [3.8, 4) is 10.6 Å². The van der Waals surface area contributed by atoms with Gasteiger partial charge in [-0.2, -0.15) is 0 Å². The molecule has 5 nitrogen and oxygen atoms in total. The lowest BCUT2D eigenvalue weighted by Gasteiger charge is -2.17. The van der Waals surface area contributed by atoms with Crippen LogP contribution in [0.2, 0.25) is 0 Å². The number of aromatic nitrogens is 3. The van der Waals surface area contributed by atoms with Crippen molar-refractivity contribution in [3.63, 3.8) is 0 Å². The minimum absolute atomic E-state index is 0.000250. The summed E-state index contributed by atoms with van der Waals surface area (Å²) >= 11 is 1.57. The first kappa shape index (κ1) is 16.0. The number of benzene rings is 1. The van der Waals surface area contributed by atoms with E-state index < -0.39 is 0 Å². The van der Waals surface area contributed by atoms with E-state index in [1.54, 1.807) is 17.5 Å². The van der Waals surface area contributed by atoms with Crippen molar-refractivity contribution in [2.75, 3.05) is 0 Å². The summed E-state index contributed by atoms with van der Waals surface area (Å²) in [6, 6.07) is 10.0. The molecule has 0 aliphatic heterocycles. The van der Waals surface area contributed by atoms with Crippen LogP contribution >= 0.6 is 11.3 Å². The van der Waals surface area contributed by atoms with Gasteiger partial charge in [0.2, 0.25) is 5.91 Å². The summed E-state index contributed by atoms with van der Waals surface area (Å²) in [5.74, 6) is 1.43. The number of hydrogen-bond acceptors (Lipinski definition) is 4. The molecule has 1 fully saturated rings. The van der Waals surface area contributed by atoms with Gasteiger partial charge in [-0.05, 0) is 18.8 Å². The molecule has 128 valence electrons. The Morgan fingerprint density at radius 1 is 1.36 bits per heavy atom. The highest BCUT2D eigenvalue weighted by atomic mass is 32.1. The fourth-order valence-corrected chi connectivity index (χ4v) is 3.82. The van der Waals surface area contributed by atoms with E-state index in [4.69, 9.17) is 0 Å². The van der Waals surface area contributed by atoms with E-state index in [1.165, 1.54) is 0 Å². The number of rotatable bonds is 6. The van der Waals surface area contributed by atoms with Gasteiger partial charge in [0.25, 0.3) is 0 Å². The molecular weight excluding hydrogens is 332 g/mol. The maximum atomic E-state index is 12.5. The minimum Gasteiger partial charge on any atom is -0.346 e. The van der Waals surface area contributed by atoms with Crippen molar-refractivity contribution in [1.29, 1.82) is 0 Å². The lowest BCUT2D eigenvalue weighted by Crippen LogP contribution is -2.32. The SMILES string of the molecule is Cn1ccnc1C(NC(=O)Cc1csc(-c2ccccc2)n1)C1CC1. The third-order valence-corrected chi connectivity index (χ3v) is 5.40. The molecule has 1 unspecified atom stereocenters. The monoisotopic (exact) mass is 352 g/mol. The van der Waals surface area contributed by atoms with Crippen molar-refractivity contribution >= 4 is 17.2 Å². The number of aryl methyl sites for hydroxylation is 1. The van der Waals surface area contributed by atoms with Gasteiger partial charge in [-0.15, -0.1) is 11.3 Å². The molecule has 1 aliphatic carbocycles. The minimum atomic E-state index is -0.000250. The van der Waals surface area contributed by atoms with Crippen LogP contribution in [-0.4, -0.2) is 20.4 Å². The second-order valence-corrected chi connectivity index (χ2v) is 7.32. The molecule has 1 amide bonds. The van der Waals surface area contributed by atoms with Crippen LogP contribution in [0.25, 0.3) is 10.6 Å². The quantitative estimate of drug-likeness (QED) is 0.740. The molecule has 25 heavy (non-hydrogen) atoms. The maximum Gasteiger partial charge on any atom is 0.226 e. The van der Waals surface area contributed by atoms with Gasteiger partial charge in [0, 0.05) is 30.4 Å². The Balaban J connectivity index is 1.43. The number of thiazole rings is 1. The van der Waals surface area contributed by atoms with Crippen molar-refractivity contribution in [2.45, 2.75) is 25.3 Å². The van der Waals surface area contributed by atoms with Gasteiger partial charge in [-0.25, -0.2) is 9.97 Å². The highest BCUT2D eigenvalue weighted by Gasteiger charge is 2.35. The van der Waals surface area contributed by atoms with Gasteiger partial charge in [-0.3, -0.25) is 4.79 Å². The van der Waals surface area contributed by atoms with Crippen LogP contribution < -0.4 is 5.32 Å². The van der Waals surface area contributed by atoms with Crippen molar-refractivity contribution in [1.82, 2.24) is 19.9 Å². The Morgan fingerprint density at radius 3 is 2.84 bits per heavy atom. The first-order valence-corrected chi connectivity index (χ1v) is 9.35. The Morgan fingerprint density at radius 2 is 2.16 bits per heavy atom. The standard InChI is InChI=1S/C19H20N4OS/c1-23-10-9-20-18(23)17(13-7-8-13)22-16(24)11-15-12-25-19(21-15)14-5-3-2-4-6-14/h2-6,9-10,12-13,17H,7-8,11H2,1H3,(H,22,24). The summed E-state index contributed by atoms with van der Waals surface area (Å²) in [6.45, 7) is 0. The van der Waals surface area contributed by atoms with Gasteiger partial charge >= 0.3 is 0 Å². The van der Waals surface area contributed by atoms with Crippen molar-refractivity contribution < 1.29 is 4.79 Å². The lowest BCUT2D eigenvalue weighted by molar-refractivity contribution is -0.121. The lowest BCUT2D eigenvalue weighted by atomic mass is 10.1.